The van der Waals surface area contributed by atoms with E-state index in [1.807, 2.05) is 0 Å². The molecular formula is C11H9ClO4. The second-order valence-electron chi connectivity index (χ2n) is 3.12. The van der Waals surface area contributed by atoms with Gasteiger partial charge in [0.05, 0.1) is 0 Å². The first kappa shape index (κ1) is 12.3. The van der Waals surface area contributed by atoms with Gasteiger partial charge in [-0.15, -0.1) is 0 Å². The molecule has 1 rings (SSSR count). The molecule has 5 heteroatoms. The zero-order valence-corrected chi connectivity index (χ0v) is 9.15. The predicted octanol–water partition coefficient (Wildman–Crippen LogP) is 2.28. The maximum atomic E-state index is 10.8. The summed E-state index contributed by atoms with van der Waals surface area (Å²) in [7, 11) is 0. The minimum Gasteiger partial charge on any atom is -0.477 e. The molecule has 1 aromatic rings. The van der Waals surface area contributed by atoms with Crippen molar-refractivity contribution in [2.75, 3.05) is 0 Å². The lowest BCUT2D eigenvalue weighted by atomic mass is 10.0. The van der Waals surface area contributed by atoms with Crippen molar-refractivity contribution >= 4 is 29.1 Å². The molecule has 0 unspecified atom stereocenters. The average Bonchev–Trinajstić information content (AvgIpc) is 2.17. The van der Waals surface area contributed by atoms with E-state index in [9.17, 15) is 9.59 Å². The van der Waals surface area contributed by atoms with Crippen molar-refractivity contribution in [1.82, 2.24) is 0 Å². The first-order chi connectivity index (χ1) is 7.43. The second-order valence-corrected chi connectivity index (χ2v) is 3.55. The normalized spacial score (nSPS) is 9.62. The molecule has 84 valence electrons. The molecule has 4 nitrogen and oxygen atoms in total. The minimum atomic E-state index is -1.46. The van der Waals surface area contributed by atoms with Gasteiger partial charge in [-0.1, -0.05) is 23.7 Å². The monoisotopic (exact) mass is 240 g/mol. The fraction of sp³-hybridized carbons (Fsp3) is 0.0909. The van der Waals surface area contributed by atoms with Crippen LogP contribution in [0.25, 0.3) is 5.57 Å². The van der Waals surface area contributed by atoms with Crippen molar-refractivity contribution in [3.05, 3.63) is 40.4 Å². The van der Waals surface area contributed by atoms with Crippen molar-refractivity contribution in [3.8, 4) is 0 Å². The van der Waals surface area contributed by atoms with Crippen LogP contribution in [0.5, 0.6) is 0 Å². The van der Waals surface area contributed by atoms with E-state index in [1.54, 1.807) is 24.3 Å². The Balaban J connectivity index is 3.29. The van der Waals surface area contributed by atoms with E-state index in [0.29, 0.717) is 10.6 Å². The summed E-state index contributed by atoms with van der Waals surface area (Å²) in [4.78, 5) is 21.5. The van der Waals surface area contributed by atoms with E-state index in [1.165, 1.54) is 6.92 Å². The van der Waals surface area contributed by atoms with Crippen LogP contribution in [0.3, 0.4) is 0 Å². The maximum absolute atomic E-state index is 10.8. The fourth-order valence-corrected chi connectivity index (χ4v) is 1.38. The van der Waals surface area contributed by atoms with Crippen LogP contribution < -0.4 is 0 Å². The third kappa shape index (κ3) is 2.61. The summed E-state index contributed by atoms with van der Waals surface area (Å²) in [5.74, 6) is -2.92. The predicted molar refractivity (Wildman–Crippen MR) is 59.3 cm³/mol. The van der Waals surface area contributed by atoms with Gasteiger partial charge in [0.2, 0.25) is 0 Å². The zero-order chi connectivity index (χ0) is 12.3. The molecule has 0 aromatic heterocycles. The number of carboxylic acids is 2. The van der Waals surface area contributed by atoms with Crippen LogP contribution in [0, 0.1) is 0 Å². The highest BCUT2D eigenvalue weighted by molar-refractivity contribution is 6.30. The lowest BCUT2D eigenvalue weighted by molar-refractivity contribution is -0.140. The molecule has 0 fully saturated rings. The number of hydrogen-bond donors (Lipinski definition) is 2. The Labute approximate surface area is 96.8 Å². The standard InChI is InChI=1S/C11H9ClO4/c1-6(9(10(13)14)11(15)16)7-2-4-8(12)5-3-7/h2-5H,1H3,(H,13,14)(H,15,16). The fourth-order valence-electron chi connectivity index (χ4n) is 1.26. The van der Waals surface area contributed by atoms with E-state index in [4.69, 9.17) is 21.8 Å². The van der Waals surface area contributed by atoms with Gasteiger partial charge < -0.3 is 10.2 Å². The van der Waals surface area contributed by atoms with Gasteiger partial charge in [0, 0.05) is 5.02 Å². The van der Waals surface area contributed by atoms with Crippen molar-refractivity contribution in [2.24, 2.45) is 0 Å². The molecule has 0 saturated carbocycles. The van der Waals surface area contributed by atoms with Gasteiger partial charge in [-0.05, 0) is 30.2 Å². The quantitative estimate of drug-likeness (QED) is 0.483. The molecule has 0 amide bonds. The third-order valence-corrected chi connectivity index (χ3v) is 2.33. The molecule has 0 saturated heterocycles. The molecule has 0 spiro atoms. The molecule has 0 atom stereocenters. The summed E-state index contributed by atoms with van der Waals surface area (Å²) in [6.45, 7) is 1.45. The Morgan fingerprint density at radius 3 is 1.88 bits per heavy atom. The maximum Gasteiger partial charge on any atom is 0.343 e. The van der Waals surface area contributed by atoms with Gasteiger partial charge in [-0.2, -0.15) is 0 Å². The third-order valence-electron chi connectivity index (χ3n) is 2.08. The summed E-state index contributed by atoms with van der Waals surface area (Å²) in [6, 6.07) is 6.29. The topological polar surface area (TPSA) is 74.6 Å². The van der Waals surface area contributed by atoms with Crippen molar-refractivity contribution in [2.45, 2.75) is 6.92 Å². The summed E-state index contributed by atoms with van der Waals surface area (Å²) in [5.41, 5.74) is 0.0724. The number of benzene rings is 1. The highest BCUT2D eigenvalue weighted by atomic mass is 35.5. The summed E-state index contributed by atoms with van der Waals surface area (Å²) in [5, 5.41) is 18.0. The Kier molecular flexibility index (Phi) is 3.68. The first-order valence-corrected chi connectivity index (χ1v) is 4.74. The Morgan fingerprint density at radius 1 is 1.06 bits per heavy atom. The van der Waals surface area contributed by atoms with Gasteiger partial charge in [-0.25, -0.2) is 9.59 Å². The number of aliphatic carboxylic acids is 2. The Hall–Kier alpha value is -1.81. The van der Waals surface area contributed by atoms with E-state index in [-0.39, 0.29) is 5.57 Å². The Bertz CT molecular complexity index is 443. The molecule has 0 bridgehead atoms. The van der Waals surface area contributed by atoms with Crippen LogP contribution in [0.1, 0.15) is 12.5 Å². The van der Waals surface area contributed by atoms with Crippen LogP contribution in [0.4, 0.5) is 0 Å². The van der Waals surface area contributed by atoms with Gasteiger partial charge in [0.1, 0.15) is 5.57 Å². The minimum absolute atomic E-state index is 0.191. The molecule has 0 aliphatic carbocycles. The SMILES string of the molecule is CC(=C(C(=O)O)C(=O)O)c1ccc(Cl)cc1. The summed E-state index contributed by atoms with van der Waals surface area (Å²) in [6.07, 6.45) is 0. The van der Waals surface area contributed by atoms with Gasteiger partial charge in [0.25, 0.3) is 0 Å². The van der Waals surface area contributed by atoms with E-state index >= 15 is 0 Å². The molecule has 0 heterocycles. The Morgan fingerprint density at radius 2 is 1.50 bits per heavy atom. The molecular weight excluding hydrogens is 232 g/mol. The van der Waals surface area contributed by atoms with Crippen molar-refractivity contribution in [3.63, 3.8) is 0 Å². The molecule has 0 aliphatic heterocycles. The first-order valence-electron chi connectivity index (χ1n) is 4.37. The molecule has 1 aromatic carbocycles. The smallest absolute Gasteiger partial charge is 0.343 e. The largest absolute Gasteiger partial charge is 0.477 e. The van der Waals surface area contributed by atoms with Crippen molar-refractivity contribution < 1.29 is 19.8 Å². The van der Waals surface area contributed by atoms with E-state index in [0.717, 1.165) is 0 Å². The van der Waals surface area contributed by atoms with Gasteiger partial charge >= 0.3 is 11.9 Å². The van der Waals surface area contributed by atoms with Crippen LogP contribution in [0.2, 0.25) is 5.02 Å². The summed E-state index contributed by atoms with van der Waals surface area (Å²) >= 11 is 5.67. The number of allylic oxidation sites excluding steroid dienone is 1. The van der Waals surface area contributed by atoms with Gasteiger partial charge in [-0.3, -0.25) is 0 Å². The van der Waals surface area contributed by atoms with Crippen LogP contribution >= 0.6 is 11.6 Å². The van der Waals surface area contributed by atoms with Crippen molar-refractivity contribution in [1.29, 1.82) is 0 Å². The van der Waals surface area contributed by atoms with E-state index < -0.39 is 17.5 Å². The lowest BCUT2D eigenvalue weighted by Crippen LogP contribution is -2.13. The van der Waals surface area contributed by atoms with Gasteiger partial charge in [0.15, 0.2) is 0 Å². The average molecular weight is 241 g/mol. The zero-order valence-electron chi connectivity index (χ0n) is 8.40. The van der Waals surface area contributed by atoms with E-state index in [2.05, 4.69) is 0 Å². The number of carboxylic acid groups (broad SMARTS) is 2. The number of rotatable bonds is 3. The highest BCUT2D eigenvalue weighted by Gasteiger charge is 2.20. The lowest BCUT2D eigenvalue weighted by Gasteiger charge is -2.04. The second kappa shape index (κ2) is 4.81. The number of halogens is 1. The van der Waals surface area contributed by atoms with Crippen LogP contribution in [-0.4, -0.2) is 22.2 Å². The molecule has 0 aliphatic rings. The molecule has 2 N–H and O–H groups in total. The highest BCUT2D eigenvalue weighted by Crippen LogP contribution is 2.20. The van der Waals surface area contributed by atoms with Crippen LogP contribution in [0.15, 0.2) is 29.8 Å². The summed E-state index contributed by atoms with van der Waals surface area (Å²) < 4.78 is 0. The molecule has 0 radical (unpaired) electrons. The van der Waals surface area contributed by atoms with Crippen LogP contribution in [-0.2, 0) is 9.59 Å². The number of carbonyl (C=O) groups is 2. The number of hydrogen-bond acceptors (Lipinski definition) is 2. The molecule has 16 heavy (non-hydrogen) atoms.